The third kappa shape index (κ3) is 5.02. The molecule has 0 saturated carbocycles. The summed E-state index contributed by atoms with van der Waals surface area (Å²) in [5.41, 5.74) is 0.991. The van der Waals surface area contributed by atoms with Crippen molar-refractivity contribution in [3.05, 3.63) is 41.8 Å². The summed E-state index contributed by atoms with van der Waals surface area (Å²) < 4.78 is 5.27. The Morgan fingerprint density at radius 3 is 2.89 bits per heavy atom. The van der Waals surface area contributed by atoms with Crippen molar-refractivity contribution in [3.8, 4) is 0 Å². The van der Waals surface area contributed by atoms with Crippen LogP contribution in [0.25, 0.3) is 0 Å². The lowest BCUT2D eigenvalue weighted by Gasteiger charge is -2.22. The Kier molecular flexibility index (Phi) is 6.35. The highest BCUT2D eigenvalue weighted by molar-refractivity contribution is 5.76. The first-order chi connectivity index (χ1) is 13.2. The van der Waals surface area contributed by atoms with Gasteiger partial charge in [-0.05, 0) is 37.5 Å². The number of pyridine rings is 1. The summed E-state index contributed by atoms with van der Waals surface area (Å²) in [6.45, 7) is 3.60. The molecule has 9 nitrogen and oxygen atoms in total. The highest BCUT2D eigenvalue weighted by atomic mass is 16.5. The van der Waals surface area contributed by atoms with Gasteiger partial charge in [-0.15, -0.1) is 0 Å². The molecule has 9 heteroatoms. The molecule has 144 valence electrons. The van der Waals surface area contributed by atoms with Crippen LogP contribution in [0.3, 0.4) is 0 Å². The second kappa shape index (κ2) is 9.11. The molecule has 1 saturated heterocycles. The summed E-state index contributed by atoms with van der Waals surface area (Å²) >= 11 is 0. The van der Waals surface area contributed by atoms with Gasteiger partial charge >= 0.3 is 6.03 Å². The number of aromatic nitrogens is 3. The number of urea groups is 1. The minimum Gasteiger partial charge on any atom is -0.352 e. The molecule has 1 aliphatic heterocycles. The van der Waals surface area contributed by atoms with E-state index in [2.05, 4.69) is 25.8 Å². The fraction of sp³-hybridized carbons (Fsp3) is 0.500. The molecular weight excluding hydrogens is 348 g/mol. The lowest BCUT2D eigenvalue weighted by atomic mass is 10.2. The Morgan fingerprint density at radius 1 is 1.30 bits per heavy atom. The zero-order valence-corrected chi connectivity index (χ0v) is 15.4. The second-order valence-electron chi connectivity index (χ2n) is 6.37. The van der Waals surface area contributed by atoms with Crippen LogP contribution in [0.15, 0.2) is 29.0 Å². The smallest absolute Gasteiger partial charge is 0.318 e. The molecule has 1 atom stereocenters. The summed E-state index contributed by atoms with van der Waals surface area (Å²) in [6, 6.07) is 3.43. The van der Waals surface area contributed by atoms with Crippen molar-refractivity contribution in [1.29, 1.82) is 0 Å². The minimum absolute atomic E-state index is 0.0867. The Hall–Kier alpha value is -2.97. The van der Waals surface area contributed by atoms with Gasteiger partial charge in [0.15, 0.2) is 5.82 Å². The van der Waals surface area contributed by atoms with Crippen LogP contribution in [0.4, 0.5) is 4.79 Å². The van der Waals surface area contributed by atoms with Crippen LogP contribution in [0.1, 0.15) is 49.5 Å². The number of amides is 3. The van der Waals surface area contributed by atoms with E-state index < -0.39 is 0 Å². The second-order valence-corrected chi connectivity index (χ2v) is 6.37. The molecule has 1 unspecified atom stereocenters. The maximum absolute atomic E-state index is 12.1. The van der Waals surface area contributed by atoms with Crippen LogP contribution >= 0.6 is 0 Å². The average molecular weight is 372 g/mol. The first-order valence-electron chi connectivity index (χ1n) is 9.20. The molecule has 2 aromatic rings. The standard InChI is InChI=1S/C18H24N6O3/c1-2-20-18(26)24-11-3-4-14(24)17-22-16(27-23-17)6-5-15(25)21-12-13-7-9-19-10-8-13/h7-10,14H,2-6,11-12H2,1H3,(H,20,26)(H,21,25). The van der Waals surface area contributed by atoms with Crippen molar-refractivity contribution in [2.45, 2.75) is 45.2 Å². The summed E-state index contributed by atoms with van der Waals surface area (Å²) in [7, 11) is 0. The molecule has 0 aliphatic carbocycles. The largest absolute Gasteiger partial charge is 0.352 e. The zero-order valence-electron chi connectivity index (χ0n) is 15.4. The molecule has 2 N–H and O–H groups in total. The molecule has 0 aromatic carbocycles. The molecule has 0 bridgehead atoms. The van der Waals surface area contributed by atoms with Gasteiger partial charge in [-0.25, -0.2) is 4.79 Å². The van der Waals surface area contributed by atoms with Crippen molar-refractivity contribution in [2.75, 3.05) is 13.1 Å². The molecular formula is C18H24N6O3. The van der Waals surface area contributed by atoms with E-state index in [-0.39, 0.29) is 24.4 Å². The molecule has 1 fully saturated rings. The lowest BCUT2D eigenvalue weighted by molar-refractivity contribution is -0.121. The van der Waals surface area contributed by atoms with E-state index in [1.807, 2.05) is 19.1 Å². The van der Waals surface area contributed by atoms with Gasteiger partial charge in [0.1, 0.15) is 0 Å². The fourth-order valence-electron chi connectivity index (χ4n) is 3.05. The topological polar surface area (TPSA) is 113 Å². The van der Waals surface area contributed by atoms with Crippen molar-refractivity contribution >= 4 is 11.9 Å². The first kappa shape index (κ1) is 18.8. The molecule has 3 rings (SSSR count). The Balaban J connectivity index is 1.49. The predicted octanol–water partition coefficient (Wildman–Crippen LogP) is 1.58. The van der Waals surface area contributed by atoms with Gasteiger partial charge in [0.2, 0.25) is 11.8 Å². The summed E-state index contributed by atoms with van der Waals surface area (Å²) in [5, 5.41) is 9.67. The Morgan fingerprint density at radius 2 is 2.11 bits per heavy atom. The third-order valence-corrected chi connectivity index (χ3v) is 4.43. The number of hydrogen-bond acceptors (Lipinski definition) is 6. The van der Waals surface area contributed by atoms with Crippen LogP contribution < -0.4 is 10.6 Å². The summed E-state index contributed by atoms with van der Waals surface area (Å²) in [6.07, 6.45) is 5.72. The van der Waals surface area contributed by atoms with Gasteiger partial charge in [-0.3, -0.25) is 9.78 Å². The molecule has 3 amide bonds. The van der Waals surface area contributed by atoms with Crippen LogP contribution in [0, 0.1) is 0 Å². The van der Waals surface area contributed by atoms with Gasteiger partial charge in [0.25, 0.3) is 0 Å². The molecule has 2 aromatic heterocycles. The predicted molar refractivity (Wildman–Crippen MR) is 96.5 cm³/mol. The number of hydrogen-bond donors (Lipinski definition) is 2. The fourth-order valence-corrected chi connectivity index (χ4v) is 3.05. The van der Waals surface area contributed by atoms with E-state index in [0.717, 1.165) is 18.4 Å². The third-order valence-electron chi connectivity index (χ3n) is 4.43. The number of carbonyl (C=O) groups excluding carboxylic acids is 2. The first-order valence-corrected chi connectivity index (χ1v) is 9.20. The van der Waals surface area contributed by atoms with E-state index in [1.54, 1.807) is 17.3 Å². The Bertz CT molecular complexity index is 763. The van der Waals surface area contributed by atoms with Crippen LogP contribution in [0.5, 0.6) is 0 Å². The van der Waals surface area contributed by atoms with E-state index in [1.165, 1.54) is 0 Å². The van der Waals surface area contributed by atoms with Gasteiger partial charge in [0, 0.05) is 44.9 Å². The van der Waals surface area contributed by atoms with E-state index in [0.29, 0.717) is 37.8 Å². The van der Waals surface area contributed by atoms with Crippen molar-refractivity contribution in [2.24, 2.45) is 0 Å². The number of rotatable bonds is 7. The van der Waals surface area contributed by atoms with E-state index >= 15 is 0 Å². The summed E-state index contributed by atoms with van der Waals surface area (Å²) in [4.78, 5) is 34.2. The van der Waals surface area contributed by atoms with Gasteiger partial charge in [-0.2, -0.15) is 4.98 Å². The normalized spacial score (nSPS) is 16.3. The zero-order chi connectivity index (χ0) is 19.1. The quantitative estimate of drug-likeness (QED) is 0.763. The summed E-state index contributed by atoms with van der Waals surface area (Å²) in [5.74, 6) is 0.828. The molecule has 27 heavy (non-hydrogen) atoms. The van der Waals surface area contributed by atoms with Crippen molar-refractivity contribution in [1.82, 2.24) is 30.7 Å². The number of aryl methyl sites for hydroxylation is 1. The monoisotopic (exact) mass is 372 g/mol. The lowest BCUT2D eigenvalue weighted by Crippen LogP contribution is -2.39. The van der Waals surface area contributed by atoms with Crippen molar-refractivity contribution < 1.29 is 14.1 Å². The highest BCUT2D eigenvalue weighted by Gasteiger charge is 2.33. The van der Waals surface area contributed by atoms with Crippen LogP contribution in [0.2, 0.25) is 0 Å². The van der Waals surface area contributed by atoms with Gasteiger partial charge in [0.05, 0.1) is 6.04 Å². The van der Waals surface area contributed by atoms with Gasteiger partial charge in [-0.1, -0.05) is 5.16 Å². The average Bonchev–Trinajstić information content (AvgIpc) is 3.35. The number of likely N-dealkylation sites (tertiary alicyclic amines) is 1. The molecule has 3 heterocycles. The van der Waals surface area contributed by atoms with Crippen LogP contribution in [-0.4, -0.2) is 45.1 Å². The SMILES string of the molecule is CCNC(=O)N1CCCC1c1noc(CCC(=O)NCc2ccncc2)n1. The number of nitrogens with zero attached hydrogens (tertiary/aromatic N) is 4. The maximum Gasteiger partial charge on any atom is 0.318 e. The van der Waals surface area contributed by atoms with Crippen LogP contribution in [-0.2, 0) is 17.8 Å². The molecule has 0 radical (unpaired) electrons. The van der Waals surface area contributed by atoms with Gasteiger partial charge < -0.3 is 20.1 Å². The van der Waals surface area contributed by atoms with Crippen molar-refractivity contribution in [3.63, 3.8) is 0 Å². The van der Waals surface area contributed by atoms with E-state index in [4.69, 9.17) is 4.52 Å². The highest BCUT2D eigenvalue weighted by Crippen LogP contribution is 2.30. The molecule has 1 aliphatic rings. The number of nitrogens with one attached hydrogen (secondary N) is 2. The number of carbonyl (C=O) groups is 2. The maximum atomic E-state index is 12.1. The van der Waals surface area contributed by atoms with E-state index in [9.17, 15) is 9.59 Å². The Labute approximate surface area is 157 Å². The molecule has 0 spiro atoms. The minimum atomic E-state index is -0.172.